The molecule has 3 rings (SSSR count). The van der Waals surface area contributed by atoms with Crippen LogP contribution in [0.1, 0.15) is 10.4 Å². The lowest BCUT2D eigenvalue weighted by atomic mass is 10.2. The number of anilines is 1. The molecule has 0 saturated carbocycles. The molecule has 0 unspecified atom stereocenters. The van der Waals surface area contributed by atoms with Gasteiger partial charge in [0, 0.05) is 41.1 Å². The van der Waals surface area contributed by atoms with Crippen LogP contribution in [-0.2, 0) is 7.05 Å². The van der Waals surface area contributed by atoms with Gasteiger partial charge in [-0.3, -0.25) is 9.78 Å². The van der Waals surface area contributed by atoms with E-state index in [4.69, 9.17) is 5.53 Å². The van der Waals surface area contributed by atoms with Crippen molar-refractivity contribution in [3.8, 4) is 0 Å². The molecule has 0 saturated heterocycles. The molecular formula is C15H12N6O. The van der Waals surface area contributed by atoms with Gasteiger partial charge in [-0.2, -0.15) is 0 Å². The van der Waals surface area contributed by atoms with Crippen LogP contribution in [0.4, 0.5) is 11.5 Å². The van der Waals surface area contributed by atoms with Gasteiger partial charge < -0.3 is 9.88 Å². The van der Waals surface area contributed by atoms with Gasteiger partial charge in [0.1, 0.15) is 5.82 Å². The van der Waals surface area contributed by atoms with Crippen molar-refractivity contribution in [2.45, 2.75) is 0 Å². The van der Waals surface area contributed by atoms with E-state index < -0.39 is 0 Å². The molecule has 22 heavy (non-hydrogen) atoms. The van der Waals surface area contributed by atoms with Gasteiger partial charge in [-0.05, 0) is 46.4 Å². The lowest BCUT2D eigenvalue weighted by Crippen LogP contribution is -2.11. The summed E-state index contributed by atoms with van der Waals surface area (Å²) in [5, 5.41) is 7.32. The standard InChI is InChI=1S/C15H12N6O/c1-21-7-5-10-2-3-12(9-13(10)21)18-15(22)11-4-6-17-14(8-11)19-20-16/h2-9H,1H3,(H,18,22). The number of hydrogen-bond donors (Lipinski definition) is 1. The number of aromatic nitrogens is 2. The molecule has 0 bridgehead atoms. The van der Waals surface area contributed by atoms with Gasteiger partial charge in [0.2, 0.25) is 0 Å². The van der Waals surface area contributed by atoms with Crippen molar-refractivity contribution < 1.29 is 4.79 Å². The smallest absolute Gasteiger partial charge is 0.255 e. The van der Waals surface area contributed by atoms with E-state index in [2.05, 4.69) is 20.3 Å². The predicted molar refractivity (Wildman–Crippen MR) is 83.9 cm³/mol. The molecule has 1 N–H and O–H groups in total. The Balaban J connectivity index is 1.87. The average Bonchev–Trinajstić information content (AvgIpc) is 2.89. The van der Waals surface area contributed by atoms with E-state index in [0.29, 0.717) is 11.3 Å². The molecule has 0 spiro atoms. The maximum Gasteiger partial charge on any atom is 0.255 e. The summed E-state index contributed by atoms with van der Waals surface area (Å²) in [6.07, 6.45) is 3.39. The Morgan fingerprint density at radius 2 is 2.18 bits per heavy atom. The summed E-state index contributed by atoms with van der Waals surface area (Å²) in [6.45, 7) is 0. The van der Waals surface area contributed by atoms with Crippen molar-refractivity contribution >= 4 is 28.3 Å². The monoisotopic (exact) mass is 292 g/mol. The van der Waals surface area contributed by atoms with E-state index >= 15 is 0 Å². The van der Waals surface area contributed by atoms with Crippen LogP contribution >= 0.6 is 0 Å². The first kappa shape index (κ1) is 13.7. The maximum atomic E-state index is 12.2. The first-order valence-corrected chi connectivity index (χ1v) is 6.55. The van der Waals surface area contributed by atoms with Crippen LogP contribution in [-0.4, -0.2) is 15.5 Å². The van der Waals surface area contributed by atoms with Gasteiger partial charge in [-0.25, -0.2) is 0 Å². The zero-order valence-electron chi connectivity index (χ0n) is 11.8. The lowest BCUT2D eigenvalue weighted by Gasteiger charge is -2.06. The molecule has 7 heteroatoms. The van der Waals surface area contributed by atoms with Gasteiger partial charge in [0.25, 0.3) is 5.91 Å². The Kier molecular flexibility index (Phi) is 3.47. The molecule has 7 nitrogen and oxygen atoms in total. The Labute approximate surface area is 125 Å². The van der Waals surface area contributed by atoms with Gasteiger partial charge in [-0.15, -0.1) is 0 Å². The maximum absolute atomic E-state index is 12.2. The number of rotatable bonds is 3. The van der Waals surface area contributed by atoms with Crippen LogP contribution in [0.5, 0.6) is 0 Å². The number of carbonyl (C=O) groups is 1. The summed E-state index contributed by atoms with van der Waals surface area (Å²) in [5.41, 5.74) is 10.5. The number of hydrogen-bond acceptors (Lipinski definition) is 3. The number of fused-ring (bicyclic) bond motifs is 1. The van der Waals surface area contributed by atoms with Crippen molar-refractivity contribution in [2.24, 2.45) is 12.2 Å². The van der Waals surface area contributed by atoms with E-state index in [1.165, 1.54) is 12.3 Å². The molecule has 0 atom stereocenters. The van der Waals surface area contributed by atoms with Crippen LogP contribution < -0.4 is 5.32 Å². The molecular weight excluding hydrogens is 280 g/mol. The average molecular weight is 292 g/mol. The number of aryl methyl sites for hydroxylation is 1. The van der Waals surface area contributed by atoms with Crippen molar-refractivity contribution in [1.82, 2.24) is 9.55 Å². The largest absolute Gasteiger partial charge is 0.350 e. The summed E-state index contributed by atoms with van der Waals surface area (Å²) in [5.74, 6) is -0.126. The molecule has 2 aromatic heterocycles. The number of carbonyl (C=O) groups excluding carboxylic acids is 1. The first-order valence-electron chi connectivity index (χ1n) is 6.55. The fourth-order valence-corrected chi connectivity index (χ4v) is 2.20. The molecule has 108 valence electrons. The summed E-state index contributed by atoms with van der Waals surface area (Å²) >= 11 is 0. The van der Waals surface area contributed by atoms with Crippen LogP contribution in [0, 0.1) is 0 Å². The molecule has 3 aromatic rings. The molecule has 0 aliphatic carbocycles. The van der Waals surface area contributed by atoms with Crippen LogP contribution in [0.25, 0.3) is 21.3 Å². The topological polar surface area (TPSA) is 95.7 Å². The van der Waals surface area contributed by atoms with E-state index in [0.717, 1.165) is 10.9 Å². The van der Waals surface area contributed by atoms with Crippen molar-refractivity contribution in [3.05, 3.63) is 64.8 Å². The third-order valence-corrected chi connectivity index (χ3v) is 3.30. The number of amides is 1. The molecule has 1 amide bonds. The van der Waals surface area contributed by atoms with Gasteiger partial charge in [0.15, 0.2) is 0 Å². The fourth-order valence-electron chi connectivity index (χ4n) is 2.20. The number of nitrogens with one attached hydrogen (secondary N) is 1. The van der Waals surface area contributed by atoms with Crippen molar-refractivity contribution in [2.75, 3.05) is 5.32 Å². The third kappa shape index (κ3) is 2.61. The normalized spacial score (nSPS) is 10.2. The molecule has 2 heterocycles. The minimum Gasteiger partial charge on any atom is -0.350 e. The zero-order valence-corrected chi connectivity index (χ0v) is 11.8. The molecule has 0 fully saturated rings. The first-order chi connectivity index (χ1) is 10.7. The number of azide groups is 1. The van der Waals surface area contributed by atoms with Crippen LogP contribution in [0.15, 0.2) is 53.9 Å². The highest BCUT2D eigenvalue weighted by molar-refractivity contribution is 6.05. The molecule has 0 aliphatic heterocycles. The van der Waals surface area contributed by atoms with E-state index in [1.807, 2.05) is 42.1 Å². The molecule has 0 aliphatic rings. The zero-order chi connectivity index (χ0) is 15.5. The summed E-state index contributed by atoms with van der Waals surface area (Å²) in [4.78, 5) is 18.8. The van der Waals surface area contributed by atoms with Gasteiger partial charge >= 0.3 is 0 Å². The Hall–Kier alpha value is -3.31. The van der Waals surface area contributed by atoms with Crippen molar-refractivity contribution in [1.29, 1.82) is 0 Å². The minimum absolute atomic E-state index is 0.160. The second-order valence-electron chi connectivity index (χ2n) is 4.75. The van der Waals surface area contributed by atoms with E-state index in [-0.39, 0.29) is 11.7 Å². The Morgan fingerprint density at radius 3 is 3.00 bits per heavy atom. The second kappa shape index (κ2) is 5.59. The SMILES string of the molecule is Cn1ccc2ccc(NC(=O)c3ccnc(N=[N+]=[N-])c3)cc21. The fraction of sp³-hybridized carbons (Fsp3) is 0.0667. The quantitative estimate of drug-likeness (QED) is 0.452. The number of benzene rings is 1. The third-order valence-electron chi connectivity index (χ3n) is 3.30. The van der Waals surface area contributed by atoms with E-state index in [9.17, 15) is 4.79 Å². The van der Waals surface area contributed by atoms with Crippen LogP contribution in [0.2, 0.25) is 0 Å². The van der Waals surface area contributed by atoms with Gasteiger partial charge in [-0.1, -0.05) is 6.07 Å². The molecule has 1 aromatic carbocycles. The second-order valence-corrected chi connectivity index (χ2v) is 4.75. The molecule has 0 radical (unpaired) electrons. The van der Waals surface area contributed by atoms with Crippen molar-refractivity contribution in [3.63, 3.8) is 0 Å². The summed E-state index contributed by atoms with van der Waals surface area (Å²) < 4.78 is 1.98. The van der Waals surface area contributed by atoms with Gasteiger partial charge in [0.05, 0.1) is 0 Å². The van der Waals surface area contributed by atoms with E-state index in [1.54, 1.807) is 6.07 Å². The minimum atomic E-state index is -0.287. The van der Waals surface area contributed by atoms with Crippen LogP contribution in [0.3, 0.4) is 0 Å². The number of nitrogens with zero attached hydrogens (tertiary/aromatic N) is 5. The Morgan fingerprint density at radius 1 is 1.32 bits per heavy atom. The number of pyridine rings is 1. The summed E-state index contributed by atoms with van der Waals surface area (Å²) in [7, 11) is 1.95. The highest BCUT2D eigenvalue weighted by Gasteiger charge is 2.08. The Bertz CT molecular complexity index is 907. The predicted octanol–water partition coefficient (Wildman–Crippen LogP) is 3.77. The summed E-state index contributed by atoms with van der Waals surface area (Å²) in [6, 6.07) is 10.7. The lowest BCUT2D eigenvalue weighted by molar-refractivity contribution is 0.102. The highest BCUT2D eigenvalue weighted by Crippen LogP contribution is 2.20. The highest BCUT2D eigenvalue weighted by atomic mass is 16.1.